The summed E-state index contributed by atoms with van der Waals surface area (Å²) < 4.78 is 5.83. The van der Waals surface area contributed by atoms with E-state index < -0.39 is 0 Å². The lowest BCUT2D eigenvalue weighted by Gasteiger charge is -2.28. The first-order valence-electron chi connectivity index (χ1n) is 10.7. The molecule has 31 heavy (non-hydrogen) atoms. The molecule has 0 atom stereocenters. The first-order chi connectivity index (χ1) is 15.0. The van der Waals surface area contributed by atoms with Crippen molar-refractivity contribution in [2.75, 3.05) is 11.4 Å². The molecule has 2 aromatic carbocycles. The first kappa shape index (κ1) is 21.4. The van der Waals surface area contributed by atoms with Crippen molar-refractivity contribution in [1.29, 1.82) is 0 Å². The predicted octanol–water partition coefficient (Wildman–Crippen LogP) is 5.43. The van der Waals surface area contributed by atoms with Crippen LogP contribution in [0.25, 0.3) is 11.5 Å². The van der Waals surface area contributed by atoms with E-state index in [1.54, 1.807) is 12.1 Å². The maximum atomic E-state index is 13.2. The average molecular weight is 439 g/mol. The summed E-state index contributed by atoms with van der Waals surface area (Å²) in [6, 6.07) is 15.7. The van der Waals surface area contributed by atoms with Gasteiger partial charge in [0.25, 0.3) is 5.91 Å². The van der Waals surface area contributed by atoms with Gasteiger partial charge in [-0.1, -0.05) is 11.6 Å². The fraction of sp³-hybridized carbons (Fsp3) is 0.375. The molecular weight excluding hydrogens is 412 g/mol. The lowest BCUT2D eigenvalue weighted by molar-refractivity contribution is 0.0714. The molecule has 162 valence electrons. The number of benzene rings is 2. The Bertz CT molecular complexity index is 1030. The number of hydrogen-bond acceptors (Lipinski definition) is 5. The van der Waals surface area contributed by atoms with E-state index in [9.17, 15) is 4.79 Å². The third-order valence-electron chi connectivity index (χ3n) is 5.52. The highest BCUT2D eigenvalue weighted by Gasteiger charge is 2.34. The van der Waals surface area contributed by atoms with Crippen molar-refractivity contribution < 1.29 is 9.21 Å². The Kier molecular flexibility index (Phi) is 6.28. The van der Waals surface area contributed by atoms with Crippen molar-refractivity contribution in [2.24, 2.45) is 0 Å². The zero-order valence-corrected chi connectivity index (χ0v) is 18.8. The lowest BCUT2D eigenvalue weighted by Crippen LogP contribution is -2.33. The fourth-order valence-electron chi connectivity index (χ4n) is 3.73. The molecule has 0 spiro atoms. The maximum absolute atomic E-state index is 13.2. The monoisotopic (exact) mass is 438 g/mol. The molecular formula is C24H27ClN4O2. The van der Waals surface area contributed by atoms with Crippen molar-refractivity contribution in [2.45, 2.75) is 52.2 Å². The number of hydrogen-bond donors (Lipinski definition) is 0. The molecule has 3 aromatic rings. The summed E-state index contributed by atoms with van der Waals surface area (Å²) in [6.07, 6.45) is 2.00. The van der Waals surface area contributed by atoms with E-state index in [-0.39, 0.29) is 11.9 Å². The predicted molar refractivity (Wildman–Crippen MR) is 122 cm³/mol. The molecule has 0 radical (unpaired) electrons. The normalized spacial score (nSPS) is 13.5. The highest BCUT2D eigenvalue weighted by atomic mass is 35.5. The number of halogens is 1. The van der Waals surface area contributed by atoms with Gasteiger partial charge in [0.2, 0.25) is 11.8 Å². The van der Waals surface area contributed by atoms with E-state index in [0.29, 0.717) is 35.0 Å². The Morgan fingerprint density at radius 2 is 1.77 bits per heavy atom. The molecule has 4 rings (SSSR count). The number of nitrogens with zero attached hydrogens (tertiary/aromatic N) is 4. The summed E-state index contributed by atoms with van der Waals surface area (Å²) in [7, 11) is 0. The number of carbonyl (C=O) groups excluding carboxylic acids is 1. The Balaban J connectivity index is 1.49. The van der Waals surface area contributed by atoms with Crippen molar-refractivity contribution in [3.05, 3.63) is 65.0 Å². The molecule has 0 unspecified atom stereocenters. The van der Waals surface area contributed by atoms with Crippen LogP contribution in [0.1, 0.15) is 49.9 Å². The molecule has 0 N–H and O–H groups in total. The van der Waals surface area contributed by atoms with E-state index in [0.717, 1.165) is 30.6 Å². The van der Waals surface area contributed by atoms with Gasteiger partial charge in [-0.3, -0.25) is 4.79 Å². The summed E-state index contributed by atoms with van der Waals surface area (Å²) in [5, 5.41) is 8.94. The van der Waals surface area contributed by atoms with E-state index in [2.05, 4.69) is 35.9 Å². The Hall–Kier alpha value is -2.86. The minimum Gasteiger partial charge on any atom is -0.419 e. The van der Waals surface area contributed by atoms with Gasteiger partial charge in [0, 0.05) is 40.5 Å². The van der Waals surface area contributed by atoms with Crippen molar-refractivity contribution in [3.63, 3.8) is 0 Å². The zero-order chi connectivity index (χ0) is 22.0. The molecule has 6 nitrogen and oxygen atoms in total. The van der Waals surface area contributed by atoms with E-state index >= 15 is 0 Å². The Morgan fingerprint density at radius 1 is 1.10 bits per heavy atom. The van der Waals surface area contributed by atoms with Gasteiger partial charge in [-0.15, -0.1) is 10.2 Å². The second-order valence-corrected chi connectivity index (χ2v) is 8.54. The van der Waals surface area contributed by atoms with Crippen LogP contribution in [0.4, 0.5) is 5.69 Å². The van der Waals surface area contributed by atoms with Crippen LogP contribution in [-0.4, -0.2) is 39.6 Å². The van der Waals surface area contributed by atoms with Crippen LogP contribution in [0.2, 0.25) is 5.02 Å². The van der Waals surface area contributed by atoms with Crippen molar-refractivity contribution >= 4 is 23.2 Å². The van der Waals surface area contributed by atoms with E-state index in [1.807, 2.05) is 41.3 Å². The van der Waals surface area contributed by atoms with Crippen LogP contribution < -0.4 is 4.90 Å². The summed E-state index contributed by atoms with van der Waals surface area (Å²) in [5.41, 5.74) is 2.60. The molecule has 1 aliphatic carbocycles. The largest absolute Gasteiger partial charge is 0.419 e. The van der Waals surface area contributed by atoms with Crippen LogP contribution in [0, 0.1) is 0 Å². The second-order valence-electron chi connectivity index (χ2n) is 8.10. The third kappa shape index (κ3) is 4.90. The summed E-state index contributed by atoms with van der Waals surface area (Å²) in [5.74, 6) is 0.847. The van der Waals surface area contributed by atoms with Crippen molar-refractivity contribution in [3.8, 4) is 11.5 Å². The summed E-state index contributed by atoms with van der Waals surface area (Å²) in [6.45, 7) is 7.70. The fourth-order valence-corrected chi connectivity index (χ4v) is 3.86. The Morgan fingerprint density at radius 3 is 2.35 bits per heavy atom. The third-order valence-corrected chi connectivity index (χ3v) is 5.77. The van der Waals surface area contributed by atoms with Gasteiger partial charge in [-0.25, -0.2) is 0 Å². The highest BCUT2D eigenvalue weighted by molar-refractivity contribution is 6.30. The maximum Gasteiger partial charge on any atom is 0.254 e. The number of anilines is 1. The quantitative estimate of drug-likeness (QED) is 0.469. The molecule has 0 bridgehead atoms. The van der Waals surface area contributed by atoms with Crippen LogP contribution in [0.5, 0.6) is 0 Å². The number of amides is 1. The van der Waals surface area contributed by atoms with Gasteiger partial charge in [0.1, 0.15) is 0 Å². The molecule has 1 aliphatic rings. The topological polar surface area (TPSA) is 62.5 Å². The van der Waals surface area contributed by atoms with Crippen LogP contribution in [0.15, 0.2) is 52.9 Å². The SMILES string of the molecule is CCN(c1ccc(C(=O)N(Cc2nnc(-c3ccc(Cl)cc3)o2)C2CC2)cc1)C(C)C. The van der Waals surface area contributed by atoms with Crippen LogP contribution >= 0.6 is 11.6 Å². The van der Waals surface area contributed by atoms with E-state index in [1.165, 1.54) is 0 Å². The lowest BCUT2D eigenvalue weighted by atomic mass is 10.1. The molecule has 7 heteroatoms. The second kappa shape index (κ2) is 9.10. The van der Waals surface area contributed by atoms with Gasteiger partial charge < -0.3 is 14.2 Å². The van der Waals surface area contributed by atoms with Gasteiger partial charge in [0.15, 0.2) is 0 Å². The van der Waals surface area contributed by atoms with Crippen LogP contribution in [0.3, 0.4) is 0 Å². The molecule has 1 heterocycles. The number of aromatic nitrogens is 2. The first-order valence-corrected chi connectivity index (χ1v) is 11.1. The highest BCUT2D eigenvalue weighted by Crippen LogP contribution is 2.31. The van der Waals surface area contributed by atoms with E-state index in [4.69, 9.17) is 16.0 Å². The standard InChI is InChI=1S/C24H27ClN4O2/c1-4-28(16(2)3)20-11-7-18(8-12-20)24(30)29(21-13-14-21)15-22-26-27-23(31-22)17-5-9-19(25)10-6-17/h5-12,16,21H,4,13-15H2,1-3H3. The minimum absolute atomic E-state index is 0.00658. The zero-order valence-electron chi connectivity index (χ0n) is 18.1. The molecule has 0 saturated heterocycles. The molecule has 0 aliphatic heterocycles. The average Bonchev–Trinajstić information content (AvgIpc) is 3.50. The van der Waals surface area contributed by atoms with Gasteiger partial charge in [0.05, 0.1) is 6.54 Å². The number of rotatable bonds is 8. The summed E-state index contributed by atoms with van der Waals surface area (Å²) >= 11 is 5.95. The molecule has 1 fully saturated rings. The molecule has 1 aromatic heterocycles. The van der Waals surface area contributed by atoms with Crippen molar-refractivity contribution in [1.82, 2.24) is 15.1 Å². The number of carbonyl (C=O) groups is 1. The Labute approximate surface area is 187 Å². The summed E-state index contributed by atoms with van der Waals surface area (Å²) in [4.78, 5) is 17.4. The van der Waals surface area contributed by atoms with Gasteiger partial charge in [-0.2, -0.15) is 0 Å². The van der Waals surface area contributed by atoms with Gasteiger partial charge in [-0.05, 0) is 82.1 Å². The minimum atomic E-state index is -0.00658. The van der Waals surface area contributed by atoms with Crippen LogP contribution in [-0.2, 0) is 6.54 Å². The van der Waals surface area contributed by atoms with Gasteiger partial charge >= 0.3 is 0 Å². The molecule has 1 amide bonds. The molecule has 1 saturated carbocycles. The smallest absolute Gasteiger partial charge is 0.254 e.